The van der Waals surface area contributed by atoms with Crippen LogP contribution in [0.15, 0.2) is 42.6 Å². The second-order valence-corrected chi connectivity index (χ2v) is 5.15. The normalized spacial score (nSPS) is 10.6. The Morgan fingerprint density at radius 3 is 2.45 bits per heavy atom. The van der Waals surface area contributed by atoms with E-state index in [2.05, 4.69) is 15.1 Å². The smallest absolute Gasteiger partial charge is 0.356 e. The second kappa shape index (κ2) is 5.75. The molecule has 110 valence electrons. The minimum atomic E-state index is -1.11. The van der Waals surface area contributed by atoms with Crippen molar-refractivity contribution in [2.75, 3.05) is 0 Å². The number of nitrogens with zero attached hydrogens (tertiary/aromatic N) is 4. The van der Waals surface area contributed by atoms with Crippen LogP contribution in [0.25, 0.3) is 17.2 Å². The molecule has 0 aliphatic rings. The van der Waals surface area contributed by atoms with Crippen LogP contribution in [0.4, 0.5) is 0 Å². The van der Waals surface area contributed by atoms with Gasteiger partial charge in [0.25, 0.3) is 0 Å². The monoisotopic (exact) mass is 334 g/mol. The minimum absolute atomic E-state index is 0.0808. The quantitative estimate of drug-likeness (QED) is 0.743. The molecular weight excluding hydrogens is 327 g/mol. The van der Waals surface area contributed by atoms with Gasteiger partial charge in [0.05, 0.1) is 0 Å². The van der Waals surface area contributed by atoms with E-state index in [-0.39, 0.29) is 10.8 Å². The summed E-state index contributed by atoms with van der Waals surface area (Å²) in [6.45, 7) is 0. The van der Waals surface area contributed by atoms with Crippen LogP contribution in [0.2, 0.25) is 10.2 Å². The van der Waals surface area contributed by atoms with E-state index in [4.69, 9.17) is 28.3 Å². The predicted molar refractivity (Wildman–Crippen MR) is 81.6 cm³/mol. The summed E-state index contributed by atoms with van der Waals surface area (Å²) in [6, 6.07) is 9.85. The zero-order valence-corrected chi connectivity index (χ0v) is 12.5. The molecule has 0 radical (unpaired) electrons. The molecule has 0 saturated heterocycles. The maximum Gasteiger partial charge on any atom is 0.356 e. The number of carbonyl (C=O) groups is 1. The molecule has 8 heteroatoms. The Morgan fingerprint density at radius 2 is 1.82 bits per heavy atom. The van der Waals surface area contributed by atoms with Crippen LogP contribution in [-0.2, 0) is 0 Å². The van der Waals surface area contributed by atoms with Crippen LogP contribution in [0.5, 0.6) is 0 Å². The summed E-state index contributed by atoms with van der Waals surface area (Å²) in [4.78, 5) is 19.4. The number of halogens is 2. The van der Waals surface area contributed by atoms with Gasteiger partial charge in [-0.1, -0.05) is 23.2 Å². The third-order valence-corrected chi connectivity index (χ3v) is 3.27. The summed E-state index contributed by atoms with van der Waals surface area (Å²) in [5, 5.41) is 13.7. The minimum Gasteiger partial charge on any atom is -0.476 e. The third-order valence-electron chi connectivity index (χ3n) is 2.83. The van der Waals surface area contributed by atoms with Gasteiger partial charge in [-0.15, -0.1) is 0 Å². The van der Waals surface area contributed by atoms with Crippen LogP contribution >= 0.6 is 23.2 Å². The maximum atomic E-state index is 10.9. The largest absolute Gasteiger partial charge is 0.476 e. The van der Waals surface area contributed by atoms with Crippen molar-refractivity contribution in [2.45, 2.75) is 0 Å². The molecule has 1 aromatic carbocycles. The number of rotatable bonds is 3. The highest BCUT2D eigenvalue weighted by Gasteiger charge is 2.11. The van der Waals surface area contributed by atoms with Gasteiger partial charge < -0.3 is 5.11 Å². The van der Waals surface area contributed by atoms with Gasteiger partial charge in [-0.2, -0.15) is 5.10 Å². The van der Waals surface area contributed by atoms with Crippen molar-refractivity contribution in [3.8, 4) is 17.2 Å². The summed E-state index contributed by atoms with van der Waals surface area (Å²) in [6.07, 6.45) is 1.49. The lowest BCUT2D eigenvalue weighted by molar-refractivity contribution is 0.0690. The van der Waals surface area contributed by atoms with Crippen LogP contribution in [0, 0.1) is 0 Å². The highest BCUT2D eigenvalue weighted by atomic mass is 35.5. The van der Waals surface area contributed by atoms with E-state index in [1.54, 1.807) is 24.3 Å². The number of aromatic carboxylic acids is 1. The van der Waals surface area contributed by atoms with Crippen molar-refractivity contribution in [3.05, 3.63) is 58.5 Å². The first-order chi connectivity index (χ1) is 10.5. The van der Waals surface area contributed by atoms with Crippen LogP contribution in [0.3, 0.4) is 0 Å². The molecule has 2 heterocycles. The molecular formula is C14H8Cl2N4O2. The molecule has 0 fully saturated rings. The van der Waals surface area contributed by atoms with Gasteiger partial charge in [0.2, 0.25) is 0 Å². The van der Waals surface area contributed by atoms with Gasteiger partial charge in [0.15, 0.2) is 17.3 Å². The highest BCUT2D eigenvalue weighted by molar-refractivity contribution is 6.30. The predicted octanol–water partition coefficient (Wildman–Crippen LogP) is 3.33. The van der Waals surface area contributed by atoms with E-state index in [1.165, 1.54) is 23.0 Å². The van der Waals surface area contributed by atoms with Crippen LogP contribution in [0.1, 0.15) is 10.5 Å². The Hall–Kier alpha value is -2.44. The van der Waals surface area contributed by atoms with Gasteiger partial charge in [0.1, 0.15) is 5.15 Å². The van der Waals surface area contributed by atoms with Gasteiger partial charge in [-0.3, -0.25) is 0 Å². The highest BCUT2D eigenvalue weighted by Crippen LogP contribution is 2.21. The molecule has 0 spiro atoms. The topological polar surface area (TPSA) is 80.9 Å². The van der Waals surface area contributed by atoms with Crippen molar-refractivity contribution in [2.24, 2.45) is 0 Å². The molecule has 3 rings (SSSR count). The lowest BCUT2D eigenvalue weighted by atomic mass is 10.2. The third kappa shape index (κ3) is 2.93. The number of aromatic nitrogens is 4. The lowest BCUT2D eigenvalue weighted by Gasteiger charge is -2.05. The van der Waals surface area contributed by atoms with E-state index >= 15 is 0 Å². The molecule has 1 N–H and O–H groups in total. The molecule has 0 aliphatic carbocycles. The summed E-state index contributed by atoms with van der Waals surface area (Å²) in [7, 11) is 0. The van der Waals surface area contributed by atoms with E-state index in [0.717, 1.165) is 5.56 Å². The maximum absolute atomic E-state index is 10.9. The summed E-state index contributed by atoms with van der Waals surface area (Å²) >= 11 is 11.9. The van der Waals surface area contributed by atoms with Gasteiger partial charge >= 0.3 is 5.97 Å². The van der Waals surface area contributed by atoms with E-state index in [1.807, 2.05) is 0 Å². The lowest BCUT2D eigenvalue weighted by Crippen LogP contribution is -2.04. The van der Waals surface area contributed by atoms with Gasteiger partial charge in [-0.05, 0) is 30.3 Å². The van der Waals surface area contributed by atoms with Crippen LogP contribution in [-0.4, -0.2) is 30.8 Å². The average molecular weight is 335 g/mol. The Labute approximate surface area is 135 Å². The Balaban J connectivity index is 2.05. The molecule has 0 atom stereocenters. The molecule has 6 nitrogen and oxygen atoms in total. The Kier molecular flexibility index (Phi) is 3.79. The first kappa shape index (κ1) is 14.5. The first-order valence-corrected chi connectivity index (χ1v) is 6.88. The van der Waals surface area contributed by atoms with Crippen molar-refractivity contribution in [1.82, 2.24) is 19.7 Å². The Morgan fingerprint density at radius 1 is 1.09 bits per heavy atom. The number of hydrogen-bond acceptors (Lipinski definition) is 4. The SMILES string of the molecule is O=C(O)c1ccn(-c2cc(Cl)nc(-c3ccc(Cl)cc3)n2)n1. The average Bonchev–Trinajstić information content (AvgIpc) is 2.97. The van der Waals surface area contributed by atoms with Crippen molar-refractivity contribution in [1.29, 1.82) is 0 Å². The molecule has 0 aliphatic heterocycles. The molecule has 22 heavy (non-hydrogen) atoms. The first-order valence-electron chi connectivity index (χ1n) is 6.13. The fourth-order valence-corrected chi connectivity index (χ4v) is 2.12. The van der Waals surface area contributed by atoms with E-state index in [9.17, 15) is 4.79 Å². The van der Waals surface area contributed by atoms with Gasteiger partial charge in [-0.25, -0.2) is 19.4 Å². The summed E-state index contributed by atoms with van der Waals surface area (Å²) < 4.78 is 1.33. The molecule has 0 bridgehead atoms. The van der Waals surface area contributed by atoms with E-state index < -0.39 is 5.97 Å². The van der Waals surface area contributed by atoms with E-state index in [0.29, 0.717) is 16.7 Å². The molecule has 0 saturated carbocycles. The number of carboxylic acids is 1. The van der Waals surface area contributed by atoms with Crippen LogP contribution < -0.4 is 0 Å². The molecule has 2 aromatic heterocycles. The zero-order chi connectivity index (χ0) is 15.7. The van der Waals surface area contributed by atoms with Crippen molar-refractivity contribution < 1.29 is 9.90 Å². The number of hydrogen-bond donors (Lipinski definition) is 1. The second-order valence-electron chi connectivity index (χ2n) is 4.33. The summed E-state index contributed by atoms with van der Waals surface area (Å²) in [5.74, 6) is -0.346. The summed E-state index contributed by atoms with van der Waals surface area (Å²) in [5.41, 5.74) is 0.654. The van der Waals surface area contributed by atoms with Gasteiger partial charge in [0, 0.05) is 22.8 Å². The number of carboxylic acid groups (broad SMARTS) is 1. The fraction of sp³-hybridized carbons (Fsp3) is 0. The number of benzene rings is 1. The molecule has 0 amide bonds. The van der Waals surface area contributed by atoms with Crippen molar-refractivity contribution >= 4 is 29.2 Å². The fourth-order valence-electron chi connectivity index (χ4n) is 1.82. The zero-order valence-electron chi connectivity index (χ0n) is 10.9. The standard InChI is InChI=1S/C14H8Cl2N4O2/c15-9-3-1-8(2-4-9)13-17-11(16)7-12(18-13)20-6-5-10(19-20)14(21)22/h1-7H,(H,21,22). The molecule has 3 aromatic rings. The van der Waals surface area contributed by atoms with Crippen molar-refractivity contribution in [3.63, 3.8) is 0 Å². The molecule has 0 unspecified atom stereocenters. The Bertz CT molecular complexity index is 846.